The van der Waals surface area contributed by atoms with Gasteiger partial charge < -0.3 is 9.80 Å². The van der Waals surface area contributed by atoms with E-state index in [9.17, 15) is 9.18 Å². The van der Waals surface area contributed by atoms with E-state index in [1.165, 1.54) is 12.5 Å². The van der Waals surface area contributed by atoms with Gasteiger partial charge in [0.25, 0.3) is 5.91 Å². The van der Waals surface area contributed by atoms with E-state index in [2.05, 4.69) is 17.9 Å². The predicted octanol–water partition coefficient (Wildman–Crippen LogP) is 4.49. The highest BCUT2D eigenvalue weighted by Gasteiger charge is 2.36. The minimum atomic E-state index is -0.167. The topological polar surface area (TPSA) is 23.6 Å². The van der Waals surface area contributed by atoms with Crippen LogP contribution in [0.3, 0.4) is 0 Å². The molecule has 1 aliphatic carbocycles. The van der Waals surface area contributed by atoms with Gasteiger partial charge >= 0.3 is 0 Å². The van der Waals surface area contributed by atoms with Crippen LogP contribution in [0.5, 0.6) is 0 Å². The molecule has 0 N–H and O–H groups in total. The lowest BCUT2D eigenvalue weighted by Gasteiger charge is -2.37. The van der Waals surface area contributed by atoms with Gasteiger partial charge in [0.05, 0.1) is 11.6 Å². The fourth-order valence-corrected chi connectivity index (χ4v) is 4.18. The van der Waals surface area contributed by atoms with Crippen molar-refractivity contribution in [3.05, 3.63) is 59.1 Å². The maximum absolute atomic E-state index is 14.0. The van der Waals surface area contributed by atoms with Crippen LogP contribution in [0.2, 0.25) is 0 Å². The number of nitrogens with zero attached hydrogens (tertiary/aromatic N) is 2. The minimum Gasteiger partial charge on any atom is -0.363 e. The Balaban J connectivity index is 1.61. The van der Waals surface area contributed by atoms with Gasteiger partial charge in [0.2, 0.25) is 0 Å². The first-order valence-corrected chi connectivity index (χ1v) is 9.79. The van der Waals surface area contributed by atoms with Gasteiger partial charge in [0.15, 0.2) is 0 Å². The zero-order chi connectivity index (χ0) is 18.3. The molecule has 138 valence electrons. The van der Waals surface area contributed by atoms with Gasteiger partial charge in [-0.2, -0.15) is 0 Å². The van der Waals surface area contributed by atoms with Gasteiger partial charge in [-0.05, 0) is 69.2 Å². The van der Waals surface area contributed by atoms with Crippen molar-refractivity contribution in [3.63, 3.8) is 0 Å². The van der Waals surface area contributed by atoms with Crippen molar-refractivity contribution >= 4 is 5.91 Å². The fraction of sp³-hybridized carbons (Fsp3) is 0.500. The van der Waals surface area contributed by atoms with Crippen LogP contribution in [-0.2, 0) is 4.79 Å². The molecule has 2 heterocycles. The zero-order valence-electron chi connectivity index (χ0n) is 15.6. The molecule has 1 saturated carbocycles. The molecule has 1 aromatic rings. The number of carbonyl (C=O) groups excluding carboxylic acids is 1. The number of rotatable bonds is 3. The van der Waals surface area contributed by atoms with Gasteiger partial charge in [-0.25, -0.2) is 4.39 Å². The summed E-state index contributed by atoms with van der Waals surface area (Å²) in [6.45, 7) is 4.83. The summed E-state index contributed by atoms with van der Waals surface area (Å²) in [6, 6.07) is 6.05. The van der Waals surface area contributed by atoms with Gasteiger partial charge in [-0.3, -0.25) is 4.79 Å². The quantitative estimate of drug-likeness (QED) is 0.798. The fourth-order valence-electron chi connectivity index (χ4n) is 4.18. The molecule has 0 spiro atoms. The van der Waals surface area contributed by atoms with Crippen molar-refractivity contribution in [1.29, 1.82) is 0 Å². The molecule has 2 fully saturated rings. The first-order valence-electron chi connectivity index (χ1n) is 9.79. The Hall–Kier alpha value is -2.10. The van der Waals surface area contributed by atoms with Crippen molar-refractivity contribution in [2.75, 3.05) is 6.54 Å². The molecule has 0 bridgehead atoms. The molecular weight excluding hydrogens is 327 g/mol. The zero-order valence-corrected chi connectivity index (χ0v) is 15.6. The smallest absolute Gasteiger partial charge is 0.255 e. The number of benzene rings is 1. The first kappa shape index (κ1) is 17.3. The number of hydrogen-bond acceptors (Lipinski definition) is 2. The van der Waals surface area contributed by atoms with E-state index in [-0.39, 0.29) is 17.8 Å². The number of likely N-dealkylation sites (tertiary alicyclic amines) is 1. The molecule has 2 aliphatic heterocycles. The highest BCUT2D eigenvalue weighted by molar-refractivity contribution is 5.96. The largest absolute Gasteiger partial charge is 0.363 e. The van der Waals surface area contributed by atoms with Crippen molar-refractivity contribution in [1.82, 2.24) is 9.80 Å². The van der Waals surface area contributed by atoms with E-state index in [1.54, 1.807) is 6.07 Å². The third-order valence-electron chi connectivity index (χ3n) is 5.97. The van der Waals surface area contributed by atoms with E-state index in [0.717, 1.165) is 43.4 Å². The van der Waals surface area contributed by atoms with Crippen LogP contribution in [0, 0.1) is 12.7 Å². The van der Waals surface area contributed by atoms with Crippen LogP contribution in [-0.4, -0.2) is 34.3 Å². The normalized spacial score (nSPS) is 26.0. The second-order valence-electron chi connectivity index (χ2n) is 7.86. The highest BCUT2D eigenvalue weighted by atomic mass is 19.1. The molecular formula is C22H27FN2O. The average Bonchev–Trinajstić information content (AvgIpc) is 3.49. The molecule has 0 aromatic heterocycles. The monoisotopic (exact) mass is 354 g/mol. The molecule has 1 amide bonds. The van der Waals surface area contributed by atoms with E-state index >= 15 is 0 Å². The lowest BCUT2D eigenvalue weighted by atomic mass is 9.95. The first-order chi connectivity index (χ1) is 12.6. The summed E-state index contributed by atoms with van der Waals surface area (Å²) in [4.78, 5) is 17.3. The van der Waals surface area contributed by atoms with Gasteiger partial charge in [-0.15, -0.1) is 0 Å². The Morgan fingerprint density at radius 2 is 2.00 bits per heavy atom. The SMILES string of the molecule is Cc1c(F)cccc1C1C=CC(C(=O)N2CCCCC2C)=CN1C1CC1. The van der Waals surface area contributed by atoms with Gasteiger partial charge in [0, 0.05) is 24.8 Å². The molecule has 0 radical (unpaired) electrons. The van der Waals surface area contributed by atoms with Crippen molar-refractivity contribution in [3.8, 4) is 0 Å². The van der Waals surface area contributed by atoms with E-state index in [0.29, 0.717) is 17.6 Å². The number of amides is 1. The number of hydrogen-bond donors (Lipinski definition) is 0. The summed E-state index contributed by atoms with van der Waals surface area (Å²) in [5, 5.41) is 0. The Labute approximate surface area is 155 Å². The van der Waals surface area contributed by atoms with Crippen molar-refractivity contribution in [2.45, 2.75) is 64.1 Å². The molecule has 1 saturated heterocycles. The Bertz CT molecular complexity index is 765. The van der Waals surface area contributed by atoms with Crippen LogP contribution in [0.1, 0.15) is 56.2 Å². The van der Waals surface area contributed by atoms with Gasteiger partial charge in [-0.1, -0.05) is 18.2 Å². The Kier molecular flexibility index (Phi) is 4.60. The summed E-state index contributed by atoms with van der Waals surface area (Å²) < 4.78 is 14.0. The Morgan fingerprint density at radius 1 is 1.19 bits per heavy atom. The van der Waals surface area contributed by atoms with Crippen molar-refractivity contribution < 1.29 is 9.18 Å². The molecule has 26 heavy (non-hydrogen) atoms. The summed E-state index contributed by atoms with van der Waals surface area (Å²) in [7, 11) is 0. The third-order valence-corrected chi connectivity index (χ3v) is 5.97. The van der Waals surface area contributed by atoms with Crippen molar-refractivity contribution in [2.24, 2.45) is 0 Å². The summed E-state index contributed by atoms with van der Waals surface area (Å²) >= 11 is 0. The maximum atomic E-state index is 14.0. The van der Waals surface area contributed by atoms with Crippen LogP contribution in [0.25, 0.3) is 0 Å². The summed E-state index contributed by atoms with van der Waals surface area (Å²) in [5.74, 6) is -0.0341. The minimum absolute atomic E-state index is 0.00790. The summed E-state index contributed by atoms with van der Waals surface area (Å²) in [5.41, 5.74) is 2.44. The average molecular weight is 354 g/mol. The van der Waals surface area contributed by atoms with E-state index in [1.807, 2.05) is 30.2 Å². The molecule has 4 heteroatoms. The Morgan fingerprint density at radius 3 is 2.73 bits per heavy atom. The summed E-state index contributed by atoms with van der Waals surface area (Å²) in [6.07, 6.45) is 11.7. The third kappa shape index (κ3) is 3.17. The van der Waals surface area contributed by atoms with Gasteiger partial charge in [0.1, 0.15) is 5.82 Å². The van der Waals surface area contributed by atoms with E-state index in [4.69, 9.17) is 0 Å². The number of carbonyl (C=O) groups is 1. The molecule has 1 aromatic carbocycles. The van der Waals surface area contributed by atoms with Crippen LogP contribution in [0.4, 0.5) is 4.39 Å². The number of halogens is 1. The van der Waals surface area contributed by atoms with E-state index < -0.39 is 0 Å². The predicted molar refractivity (Wildman–Crippen MR) is 101 cm³/mol. The lowest BCUT2D eigenvalue weighted by molar-refractivity contribution is -0.130. The number of piperidine rings is 1. The molecule has 4 rings (SSSR count). The second kappa shape index (κ2) is 6.90. The van der Waals surface area contributed by atoms with Crippen LogP contribution in [0.15, 0.2) is 42.1 Å². The standard InChI is InChI=1S/C22H27FN2O/c1-15-6-3-4-13-24(15)22(26)17-9-12-21(25(14-17)18-10-11-18)19-7-5-8-20(23)16(19)2/h5,7-9,12,14-15,18,21H,3-4,6,10-11,13H2,1-2H3. The lowest BCUT2D eigenvalue weighted by Crippen LogP contribution is -2.43. The molecule has 3 aliphatic rings. The second-order valence-corrected chi connectivity index (χ2v) is 7.86. The van der Waals surface area contributed by atoms with Crippen LogP contribution < -0.4 is 0 Å². The maximum Gasteiger partial charge on any atom is 0.255 e. The molecule has 2 unspecified atom stereocenters. The highest BCUT2D eigenvalue weighted by Crippen LogP contribution is 2.39. The molecule has 2 atom stereocenters. The molecule has 3 nitrogen and oxygen atoms in total. The van der Waals surface area contributed by atoms with Crippen LogP contribution >= 0.6 is 0 Å².